The highest BCUT2D eigenvalue weighted by atomic mass is 35.5. The van der Waals surface area contributed by atoms with Gasteiger partial charge in [-0.05, 0) is 36.2 Å². The van der Waals surface area contributed by atoms with Gasteiger partial charge in [-0.15, -0.1) is 11.3 Å². The smallest absolute Gasteiger partial charge is 0.305 e. The fraction of sp³-hybridized carbons (Fsp3) is 0.321. The summed E-state index contributed by atoms with van der Waals surface area (Å²) in [6.45, 7) is 1.79. The van der Waals surface area contributed by atoms with Gasteiger partial charge in [0.05, 0.1) is 40.9 Å². The Bertz CT molecular complexity index is 1520. The lowest BCUT2D eigenvalue weighted by Gasteiger charge is -2.26. The average molecular weight is 599 g/mol. The number of amides is 1. The van der Waals surface area contributed by atoms with Gasteiger partial charge in [-0.3, -0.25) is 14.4 Å². The molecule has 1 fully saturated rings. The van der Waals surface area contributed by atoms with E-state index in [4.69, 9.17) is 21.1 Å². The number of anilines is 2. The first-order valence-corrected chi connectivity index (χ1v) is 14.7. The number of nitrogens with one attached hydrogen (secondary N) is 1. The number of carbonyl (C=O) groups excluding carboxylic acids is 3. The Hall–Kier alpha value is -3.54. The molecule has 0 spiro atoms. The number of methoxy groups -OCH3 is 1. The second kappa shape index (κ2) is 12.3. The van der Waals surface area contributed by atoms with Crippen molar-refractivity contribution in [3.8, 4) is 0 Å². The first-order chi connectivity index (χ1) is 19.3. The number of carbonyl (C=O) groups is 3. The molecule has 208 valence electrons. The minimum Gasteiger partial charge on any atom is -0.469 e. The number of aryl methyl sites for hydroxylation is 1. The van der Waals surface area contributed by atoms with Crippen LogP contribution in [0.5, 0.6) is 0 Å². The number of thiazole rings is 2. The van der Waals surface area contributed by atoms with Crippen molar-refractivity contribution in [1.29, 1.82) is 0 Å². The molecule has 0 saturated carbocycles. The fourth-order valence-electron chi connectivity index (χ4n) is 4.66. The number of para-hydroxylation sites is 1. The Morgan fingerprint density at radius 3 is 2.75 bits per heavy atom. The van der Waals surface area contributed by atoms with Crippen LogP contribution in [0.2, 0.25) is 5.02 Å². The summed E-state index contributed by atoms with van der Waals surface area (Å²) in [5.74, 6) is -0.825. The van der Waals surface area contributed by atoms with E-state index >= 15 is 0 Å². The molecule has 2 aromatic heterocycles. The fourth-order valence-corrected chi connectivity index (χ4v) is 6.87. The van der Waals surface area contributed by atoms with Gasteiger partial charge in [0.1, 0.15) is 17.2 Å². The number of aromatic nitrogens is 2. The van der Waals surface area contributed by atoms with Crippen molar-refractivity contribution in [3.05, 3.63) is 69.1 Å². The molecule has 3 heterocycles. The topological polar surface area (TPSA) is 111 Å². The van der Waals surface area contributed by atoms with Crippen LogP contribution in [-0.2, 0) is 36.7 Å². The van der Waals surface area contributed by atoms with Gasteiger partial charge in [0.2, 0.25) is 5.91 Å². The molecule has 1 N–H and O–H groups in total. The van der Waals surface area contributed by atoms with Crippen LogP contribution in [0.25, 0.3) is 10.2 Å². The highest BCUT2D eigenvalue weighted by Crippen LogP contribution is 2.38. The van der Waals surface area contributed by atoms with Gasteiger partial charge in [0.25, 0.3) is 0 Å². The molecule has 0 bridgehead atoms. The lowest BCUT2D eigenvalue weighted by molar-refractivity contribution is -0.149. The van der Waals surface area contributed by atoms with Crippen LogP contribution in [0.15, 0.2) is 48.7 Å². The molecule has 2 aromatic carbocycles. The SMILES string of the molecule is COC(=O)CCc1cnc([C@@H]2[C@@H](OC(C)=O)CCN2C(=O)Cc2ccc(Nc3nc4ccccc4s3)c(Cl)c2)s1. The summed E-state index contributed by atoms with van der Waals surface area (Å²) in [6.07, 6.45) is 2.57. The first-order valence-electron chi connectivity index (χ1n) is 12.7. The molecule has 0 aliphatic carbocycles. The van der Waals surface area contributed by atoms with Gasteiger partial charge in [0, 0.05) is 31.0 Å². The van der Waals surface area contributed by atoms with Gasteiger partial charge >= 0.3 is 11.9 Å². The van der Waals surface area contributed by atoms with Crippen molar-refractivity contribution in [2.24, 2.45) is 0 Å². The van der Waals surface area contributed by atoms with E-state index in [1.54, 1.807) is 17.2 Å². The molecule has 1 saturated heterocycles. The highest BCUT2D eigenvalue weighted by Gasteiger charge is 2.41. The van der Waals surface area contributed by atoms with Crippen LogP contribution >= 0.6 is 34.3 Å². The van der Waals surface area contributed by atoms with Crippen molar-refractivity contribution in [3.63, 3.8) is 0 Å². The van der Waals surface area contributed by atoms with Gasteiger partial charge in [-0.2, -0.15) is 0 Å². The van der Waals surface area contributed by atoms with Crippen molar-refractivity contribution >= 4 is 73.2 Å². The number of nitrogens with zero attached hydrogens (tertiary/aromatic N) is 3. The van der Waals surface area contributed by atoms with E-state index in [0.717, 1.165) is 25.8 Å². The van der Waals surface area contributed by atoms with E-state index in [1.165, 1.54) is 36.7 Å². The Labute approximate surface area is 244 Å². The molecule has 1 amide bonds. The zero-order chi connectivity index (χ0) is 28.2. The number of hydrogen-bond acceptors (Lipinski definition) is 10. The Balaban J connectivity index is 1.29. The van der Waals surface area contributed by atoms with E-state index in [2.05, 4.69) is 15.3 Å². The van der Waals surface area contributed by atoms with E-state index in [0.29, 0.717) is 35.1 Å². The van der Waals surface area contributed by atoms with Gasteiger partial charge in [-0.25, -0.2) is 9.97 Å². The number of fused-ring (bicyclic) bond motifs is 1. The molecule has 0 unspecified atom stereocenters. The molecule has 12 heteroatoms. The molecule has 1 aliphatic heterocycles. The van der Waals surface area contributed by atoms with Crippen LogP contribution in [0, 0.1) is 0 Å². The van der Waals surface area contributed by atoms with Crippen LogP contribution in [0.3, 0.4) is 0 Å². The normalized spacial score (nSPS) is 16.7. The summed E-state index contributed by atoms with van der Waals surface area (Å²) in [5.41, 5.74) is 2.38. The number of rotatable bonds is 9. The standard InChI is InChI=1S/C28H27ClN4O5S2/c1-16(34)38-22-11-12-33(26(22)27-30-15-18(39-27)8-10-25(36)37-2)24(35)14-17-7-9-20(19(29)13-17)31-28-32-21-5-3-4-6-23(21)40-28/h3-7,9,13,15,22,26H,8,10-12,14H2,1-2H3,(H,31,32)/t22-,26-/m0/s1. The Morgan fingerprint density at radius 2 is 2.00 bits per heavy atom. The minimum absolute atomic E-state index is 0.117. The number of benzene rings is 2. The van der Waals surface area contributed by atoms with Crippen LogP contribution in [-0.4, -0.2) is 52.5 Å². The maximum Gasteiger partial charge on any atom is 0.305 e. The van der Waals surface area contributed by atoms with Crippen molar-refractivity contribution < 1.29 is 23.9 Å². The largest absolute Gasteiger partial charge is 0.469 e. The van der Waals surface area contributed by atoms with Gasteiger partial charge in [0.15, 0.2) is 5.13 Å². The third-order valence-electron chi connectivity index (χ3n) is 6.53. The molecule has 4 aromatic rings. The molecule has 9 nitrogen and oxygen atoms in total. The van der Waals surface area contributed by atoms with Gasteiger partial charge < -0.3 is 19.7 Å². The van der Waals surface area contributed by atoms with Crippen LogP contribution in [0.1, 0.15) is 41.3 Å². The predicted octanol–water partition coefficient (Wildman–Crippen LogP) is 5.70. The molecule has 40 heavy (non-hydrogen) atoms. The second-order valence-corrected chi connectivity index (χ2v) is 11.9. The van der Waals surface area contributed by atoms with Crippen LogP contribution < -0.4 is 5.32 Å². The minimum atomic E-state index is -0.497. The lowest BCUT2D eigenvalue weighted by atomic mass is 10.1. The maximum absolute atomic E-state index is 13.5. The van der Waals surface area contributed by atoms with E-state index in [-0.39, 0.29) is 24.7 Å². The third-order valence-corrected chi connectivity index (χ3v) is 8.92. The molecular formula is C28H27ClN4O5S2. The number of halogens is 1. The summed E-state index contributed by atoms with van der Waals surface area (Å²) >= 11 is 9.53. The lowest BCUT2D eigenvalue weighted by Crippen LogP contribution is -2.35. The van der Waals surface area contributed by atoms with E-state index in [9.17, 15) is 14.4 Å². The molecule has 0 radical (unpaired) electrons. The predicted molar refractivity (Wildman–Crippen MR) is 155 cm³/mol. The van der Waals surface area contributed by atoms with Crippen LogP contribution in [0.4, 0.5) is 10.8 Å². The molecule has 5 rings (SSSR count). The maximum atomic E-state index is 13.5. The van der Waals surface area contributed by atoms with Crippen molar-refractivity contribution in [2.45, 2.75) is 44.8 Å². The molecular weight excluding hydrogens is 572 g/mol. The van der Waals surface area contributed by atoms with Crippen molar-refractivity contribution in [1.82, 2.24) is 14.9 Å². The highest BCUT2D eigenvalue weighted by molar-refractivity contribution is 7.22. The van der Waals surface area contributed by atoms with E-state index < -0.39 is 18.1 Å². The summed E-state index contributed by atoms with van der Waals surface area (Å²) in [5, 5.41) is 5.16. The summed E-state index contributed by atoms with van der Waals surface area (Å²) in [4.78, 5) is 48.6. The number of ether oxygens (including phenoxy) is 2. The molecule has 1 aliphatic rings. The summed E-state index contributed by atoms with van der Waals surface area (Å²) < 4.78 is 11.4. The average Bonchev–Trinajstić information content (AvgIpc) is 3.66. The Kier molecular flexibility index (Phi) is 8.63. The zero-order valence-electron chi connectivity index (χ0n) is 21.9. The first kappa shape index (κ1) is 28.0. The van der Waals surface area contributed by atoms with E-state index in [1.807, 2.05) is 36.4 Å². The monoisotopic (exact) mass is 598 g/mol. The second-order valence-electron chi connectivity index (χ2n) is 9.31. The quantitative estimate of drug-likeness (QED) is 0.244. The zero-order valence-corrected chi connectivity index (χ0v) is 24.3. The van der Waals surface area contributed by atoms with Crippen molar-refractivity contribution in [2.75, 3.05) is 19.0 Å². The summed E-state index contributed by atoms with van der Waals surface area (Å²) in [7, 11) is 1.35. The Morgan fingerprint density at radius 1 is 1.18 bits per heavy atom. The van der Waals surface area contributed by atoms with Gasteiger partial charge in [-0.1, -0.05) is 41.1 Å². The third kappa shape index (κ3) is 6.43. The molecule has 2 atom stereocenters. The number of likely N-dealkylation sites (tertiary alicyclic amines) is 1. The summed E-state index contributed by atoms with van der Waals surface area (Å²) in [6, 6.07) is 12.9. The number of esters is 2. The number of hydrogen-bond donors (Lipinski definition) is 1.